The smallest absolute Gasteiger partial charge is 0.0576 e. The zero-order valence-electron chi connectivity index (χ0n) is 11.4. The molecule has 1 rings (SSSR count). The Balaban J connectivity index is 2.50. The van der Waals surface area contributed by atoms with Gasteiger partial charge in [-0.15, -0.1) is 0 Å². The second-order valence-corrected chi connectivity index (χ2v) is 4.89. The topological polar surface area (TPSA) is 38.0 Å². The lowest BCUT2D eigenvalue weighted by atomic mass is 9.99. The standard InChI is InChI=1S/C15H26N2/c1-4-6-7-13(5-2)11-17-15-10-12(3)8-9-14(15)16/h8-10,13,17H,4-7,11,16H2,1-3H3. The van der Waals surface area contributed by atoms with Gasteiger partial charge in [0.25, 0.3) is 0 Å². The lowest BCUT2D eigenvalue weighted by Crippen LogP contribution is -2.14. The highest BCUT2D eigenvalue weighted by atomic mass is 14.9. The first-order valence-corrected chi connectivity index (χ1v) is 6.77. The minimum Gasteiger partial charge on any atom is -0.397 e. The molecule has 0 aliphatic rings. The summed E-state index contributed by atoms with van der Waals surface area (Å²) in [5, 5.41) is 3.49. The molecule has 0 bridgehead atoms. The molecule has 0 amide bonds. The molecule has 0 radical (unpaired) electrons. The van der Waals surface area contributed by atoms with E-state index in [-0.39, 0.29) is 0 Å². The molecule has 0 fully saturated rings. The van der Waals surface area contributed by atoms with Gasteiger partial charge in [0, 0.05) is 6.54 Å². The van der Waals surface area contributed by atoms with Crippen molar-refractivity contribution < 1.29 is 0 Å². The number of nitrogens with two attached hydrogens (primary N) is 1. The van der Waals surface area contributed by atoms with Gasteiger partial charge in [-0.3, -0.25) is 0 Å². The molecule has 0 aliphatic carbocycles. The van der Waals surface area contributed by atoms with Gasteiger partial charge in [-0.2, -0.15) is 0 Å². The fourth-order valence-electron chi connectivity index (χ4n) is 2.02. The Kier molecular flexibility index (Phi) is 5.88. The average molecular weight is 234 g/mol. The Hall–Kier alpha value is -1.18. The van der Waals surface area contributed by atoms with E-state index in [2.05, 4.69) is 38.2 Å². The van der Waals surface area contributed by atoms with Crippen LogP contribution in [0.5, 0.6) is 0 Å². The lowest BCUT2D eigenvalue weighted by Gasteiger charge is -2.17. The Bertz CT molecular complexity index is 334. The summed E-state index contributed by atoms with van der Waals surface area (Å²) < 4.78 is 0. The van der Waals surface area contributed by atoms with Crippen LogP contribution in [0.1, 0.15) is 45.1 Å². The number of rotatable bonds is 7. The number of nitrogen functional groups attached to an aromatic ring is 1. The zero-order valence-corrected chi connectivity index (χ0v) is 11.4. The summed E-state index contributed by atoms with van der Waals surface area (Å²) in [5.41, 5.74) is 9.14. The molecule has 1 unspecified atom stereocenters. The van der Waals surface area contributed by atoms with Crippen molar-refractivity contribution >= 4 is 11.4 Å². The van der Waals surface area contributed by atoms with Crippen molar-refractivity contribution in [3.05, 3.63) is 23.8 Å². The number of benzene rings is 1. The fourth-order valence-corrected chi connectivity index (χ4v) is 2.02. The van der Waals surface area contributed by atoms with Gasteiger partial charge in [0.05, 0.1) is 11.4 Å². The predicted octanol–water partition coefficient (Wildman–Crippen LogP) is 4.21. The van der Waals surface area contributed by atoms with Crippen LogP contribution in [0.25, 0.3) is 0 Å². The van der Waals surface area contributed by atoms with Gasteiger partial charge in [-0.05, 0) is 37.0 Å². The number of anilines is 2. The molecule has 0 aliphatic heterocycles. The molecule has 17 heavy (non-hydrogen) atoms. The minimum absolute atomic E-state index is 0.759. The first-order chi connectivity index (χ1) is 8.17. The number of aryl methyl sites for hydroxylation is 1. The van der Waals surface area contributed by atoms with Crippen molar-refractivity contribution in [3.63, 3.8) is 0 Å². The third kappa shape index (κ3) is 4.68. The largest absolute Gasteiger partial charge is 0.397 e. The van der Waals surface area contributed by atoms with E-state index >= 15 is 0 Å². The molecular weight excluding hydrogens is 208 g/mol. The molecule has 1 aromatic carbocycles. The molecule has 0 saturated carbocycles. The van der Waals surface area contributed by atoms with E-state index in [9.17, 15) is 0 Å². The van der Waals surface area contributed by atoms with E-state index in [1.807, 2.05) is 6.07 Å². The van der Waals surface area contributed by atoms with E-state index in [4.69, 9.17) is 5.73 Å². The zero-order chi connectivity index (χ0) is 12.7. The van der Waals surface area contributed by atoms with Crippen LogP contribution in [0, 0.1) is 12.8 Å². The van der Waals surface area contributed by atoms with Crippen LogP contribution < -0.4 is 11.1 Å². The van der Waals surface area contributed by atoms with Crippen LogP contribution in [-0.4, -0.2) is 6.54 Å². The van der Waals surface area contributed by atoms with E-state index in [0.29, 0.717) is 0 Å². The Morgan fingerprint density at radius 1 is 1.29 bits per heavy atom. The molecule has 96 valence electrons. The first-order valence-electron chi connectivity index (χ1n) is 6.77. The summed E-state index contributed by atoms with van der Waals surface area (Å²) in [6, 6.07) is 6.15. The molecule has 0 heterocycles. The van der Waals surface area contributed by atoms with Gasteiger partial charge >= 0.3 is 0 Å². The van der Waals surface area contributed by atoms with Gasteiger partial charge in [0.15, 0.2) is 0 Å². The van der Waals surface area contributed by atoms with E-state index in [1.54, 1.807) is 0 Å². The van der Waals surface area contributed by atoms with Crippen molar-refractivity contribution in [1.29, 1.82) is 0 Å². The van der Waals surface area contributed by atoms with Crippen LogP contribution in [-0.2, 0) is 0 Å². The maximum Gasteiger partial charge on any atom is 0.0576 e. The number of unbranched alkanes of at least 4 members (excludes halogenated alkanes) is 1. The molecule has 0 spiro atoms. The quantitative estimate of drug-likeness (QED) is 0.694. The average Bonchev–Trinajstić information content (AvgIpc) is 2.33. The van der Waals surface area contributed by atoms with E-state index < -0.39 is 0 Å². The Morgan fingerprint density at radius 3 is 2.71 bits per heavy atom. The summed E-state index contributed by atoms with van der Waals surface area (Å²) in [6.45, 7) is 7.64. The van der Waals surface area contributed by atoms with Gasteiger partial charge < -0.3 is 11.1 Å². The Morgan fingerprint density at radius 2 is 2.06 bits per heavy atom. The minimum atomic E-state index is 0.759. The number of nitrogens with one attached hydrogen (secondary N) is 1. The highest BCUT2D eigenvalue weighted by molar-refractivity contribution is 5.66. The third-order valence-corrected chi connectivity index (χ3v) is 3.33. The van der Waals surface area contributed by atoms with Crippen molar-refractivity contribution in [2.24, 2.45) is 5.92 Å². The van der Waals surface area contributed by atoms with Crippen molar-refractivity contribution in [2.75, 3.05) is 17.6 Å². The van der Waals surface area contributed by atoms with E-state index in [1.165, 1.54) is 31.2 Å². The summed E-state index contributed by atoms with van der Waals surface area (Å²) in [5.74, 6) is 0.759. The summed E-state index contributed by atoms with van der Waals surface area (Å²) in [7, 11) is 0. The maximum atomic E-state index is 5.95. The lowest BCUT2D eigenvalue weighted by molar-refractivity contribution is 0.473. The van der Waals surface area contributed by atoms with E-state index in [0.717, 1.165) is 23.8 Å². The molecule has 0 aromatic heterocycles. The second kappa shape index (κ2) is 7.21. The predicted molar refractivity (Wildman–Crippen MR) is 77.4 cm³/mol. The van der Waals surface area contributed by atoms with Crippen molar-refractivity contribution in [3.8, 4) is 0 Å². The highest BCUT2D eigenvalue weighted by Gasteiger charge is 2.06. The van der Waals surface area contributed by atoms with Crippen molar-refractivity contribution in [1.82, 2.24) is 0 Å². The summed E-state index contributed by atoms with van der Waals surface area (Å²) >= 11 is 0. The highest BCUT2D eigenvalue weighted by Crippen LogP contribution is 2.21. The van der Waals surface area contributed by atoms with Gasteiger partial charge in [0.1, 0.15) is 0 Å². The molecular formula is C15H26N2. The normalized spacial score (nSPS) is 12.4. The van der Waals surface area contributed by atoms with Crippen LogP contribution in [0.15, 0.2) is 18.2 Å². The fraction of sp³-hybridized carbons (Fsp3) is 0.600. The number of hydrogen-bond donors (Lipinski definition) is 2. The van der Waals surface area contributed by atoms with Crippen LogP contribution in [0.4, 0.5) is 11.4 Å². The monoisotopic (exact) mass is 234 g/mol. The van der Waals surface area contributed by atoms with Gasteiger partial charge in [-0.25, -0.2) is 0 Å². The molecule has 3 N–H and O–H groups in total. The first kappa shape index (κ1) is 13.9. The van der Waals surface area contributed by atoms with Crippen molar-refractivity contribution in [2.45, 2.75) is 46.5 Å². The maximum absolute atomic E-state index is 5.95. The molecule has 2 nitrogen and oxygen atoms in total. The van der Waals surface area contributed by atoms with Crippen LogP contribution >= 0.6 is 0 Å². The van der Waals surface area contributed by atoms with Gasteiger partial charge in [0.2, 0.25) is 0 Å². The summed E-state index contributed by atoms with van der Waals surface area (Å²) in [6.07, 6.45) is 5.15. The Labute approximate surface area is 106 Å². The number of hydrogen-bond acceptors (Lipinski definition) is 2. The SMILES string of the molecule is CCCCC(CC)CNc1cc(C)ccc1N. The van der Waals surface area contributed by atoms with Crippen LogP contribution in [0.2, 0.25) is 0 Å². The molecule has 1 aromatic rings. The third-order valence-electron chi connectivity index (χ3n) is 3.33. The summed E-state index contributed by atoms with van der Waals surface area (Å²) in [4.78, 5) is 0. The molecule has 0 saturated heterocycles. The molecule has 2 heteroatoms. The molecule has 1 atom stereocenters. The second-order valence-electron chi connectivity index (χ2n) is 4.89. The van der Waals surface area contributed by atoms with Crippen LogP contribution in [0.3, 0.4) is 0 Å². The van der Waals surface area contributed by atoms with Gasteiger partial charge in [-0.1, -0.05) is 39.2 Å².